The summed E-state index contributed by atoms with van der Waals surface area (Å²) in [7, 11) is 0. The van der Waals surface area contributed by atoms with E-state index in [0.29, 0.717) is 16.9 Å². The van der Waals surface area contributed by atoms with Crippen LogP contribution in [0, 0.1) is 25.1 Å². The number of halogens is 1. The van der Waals surface area contributed by atoms with Gasteiger partial charge in [-0.2, -0.15) is 0 Å². The third kappa shape index (κ3) is 2.73. The summed E-state index contributed by atoms with van der Waals surface area (Å²) in [6.07, 6.45) is 0. The molecule has 0 unspecified atom stereocenters. The minimum Gasteiger partial charge on any atom is -0.454 e. The molecule has 0 saturated carbocycles. The average Bonchev–Trinajstić information content (AvgIpc) is 2.36. The second-order valence-corrected chi connectivity index (χ2v) is 4.40. The zero-order valence-electron chi connectivity index (χ0n) is 10.8. The quantitative estimate of drug-likeness (QED) is 0.653. The Balaban J connectivity index is 2.44. The Morgan fingerprint density at radius 2 is 1.89 bits per heavy atom. The van der Waals surface area contributed by atoms with Crippen LogP contribution >= 0.6 is 0 Å². The first-order valence-electron chi connectivity index (χ1n) is 5.87. The summed E-state index contributed by atoms with van der Waals surface area (Å²) in [5.74, 6) is -0.00158. The van der Waals surface area contributed by atoms with Gasteiger partial charge in [-0.1, -0.05) is 23.8 Å². The van der Waals surface area contributed by atoms with Gasteiger partial charge in [0.1, 0.15) is 11.6 Å². The smallest absolute Gasteiger partial charge is 0.168 e. The van der Waals surface area contributed by atoms with Crippen molar-refractivity contribution < 1.29 is 9.13 Å². The fraction of sp³-hybridized carbons (Fsp3) is 0.133. The highest BCUT2D eigenvalue weighted by Gasteiger charge is 2.11. The lowest BCUT2D eigenvalue weighted by Gasteiger charge is -2.12. The highest BCUT2D eigenvalue weighted by atomic mass is 19.1. The zero-order chi connectivity index (χ0) is 14.0. The first-order chi connectivity index (χ1) is 8.99. The van der Waals surface area contributed by atoms with Crippen LogP contribution in [0.3, 0.4) is 0 Å². The number of nitrogens with one attached hydrogen (secondary N) is 1. The lowest BCUT2D eigenvalue weighted by Crippen LogP contribution is -2.12. The van der Waals surface area contributed by atoms with Crippen molar-refractivity contribution in [1.29, 1.82) is 5.41 Å². The summed E-state index contributed by atoms with van der Waals surface area (Å²) in [5.41, 5.74) is 7.44. The molecule has 0 aliphatic rings. The van der Waals surface area contributed by atoms with Crippen LogP contribution in [-0.4, -0.2) is 5.84 Å². The molecule has 2 rings (SSSR count). The molecular weight excluding hydrogens is 243 g/mol. The van der Waals surface area contributed by atoms with E-state index >= 15 is 0 Å². The van der Waals surface area contributed by atoms with Gasteiger partial charge in [0.05, 0.1) is 5.56 Å². The molecule has 0 bridgehead atoms. The number of hydrogen-bond donors (Lipinski definition) is 2. The summed E-state index contributed by atoms with van der Waals surface area (Å²) < 4.78 is 19.4. The molecule has 2 aromatic rings. The monoisotopic (exact) mass is 258 g/mol. The van der Waals surface area contributed by atoms with Crippen molar-refractivity contribution in [2.75, 3.05) is 0 Å². The highest BCUT2D eigenvalue weighted by molar-refractivity contribution is 5.97. The van der Waals surface area contributed by atoms with Crippen LogP contribution in [0.4, 0.5) is 4.39 Å². The van der Waals surface area contributed by atoms with E-state index < -0.39 is 5.82 Å². The van der Waals surface area contributed by atoms with Crippen LogP contribution in [0.15, 0.2) is 36.4 Å². The predicted octanol–water partition coefficient (Wildman–Crippen LogP) is 3.52. The van der Waals surface area contributed by atoms with E-state index in [2.05, 4.69) is 0 Å². The van der Waals surface area contributed by atoms with E-state index in [0.717, 1.165) is 5.56 Å². The van der Waals surface area contributed by atoms with Crippen LogP contribution in [0.25, 0.3) is 0 Å². The fourth-order valence-electron chi connectivity index (χ4n) is 1.76. The maximum absolute atomic E-state index is 13.9. The number of amidine groups is 1. The van der Waals surface area contributed by atoms with E-state index in [-0.39, 0.29) is 11.6 Å². The number of hydrogen-bond acceptors (Lipinski definition) is 2. The van der Waals surface area contributed by atoms with Crippen molar-refractivity contribution in [1.82, 2.24) is 0 Å². The van der Waals surface area contributed by atoms with Crippen LogP contribution in [0.2, 0.25) is 0 Å². The van der Waals surface area contributed by atoms with E-state index in [1.54, 1.807) is 37.3 Å². The Bertz CT molecular complexity index is 638. The number of rotatable bonds is 3. The molecule has 0 aliphatic carbocycles. The molecule has 0 fully saturated rings. The van der Waals surface area contributed by atoms with Crippen LogP contribution in [0.5, 0.6) is 11.5 Å². The van der Waals surface area contributed by atoms with E-state index in [9.17, 15) is 4.39 Å². The summed E-state index contributed by atoms with van der Waals surface area (Å²) >= 11 is 0. The first kappa shape index (κ1) is 13.1. The van der Waals surface area contributed by atoms with Crippen molar-refractivity contribution >= 4 is 5.84 Å². The van der Waals surface area contributed by atoms with Gasteiger partial charge in [0.25, 0.3) is 0 Å². The summed E-state index contributed by atoms with van der Waals surface area (Å²) in [6.45, 7) is 3.56. The molecule has 3 N–H and O–H groups in total. The Kier molecular flexibility index (Phi) is 3.51. The molecule has 0 atom stereocenters. The SMILES string of the molecule is Cc1ccc(Oc2cccc(C)c2F)c(C(=N)N)c1. The largest absolute Gasteiger partial charge is 0.454 e. The van der Waals surface area contributed by atoms with Crippen LogP contribution in [0.1, 0.15) is 16.7 Å². The molecule has 4 heteroatoms. The maximum Gasteiger partial charge on any atom is 0.168 e. The Morgan fingerprint density at radius 1 is 1.16 bits per heavy atom. The van der Waals surface area contributed by atoms with Gasteiger partial charge in [0.15, 0.2) is 11.6 Å². The minimum atomic E-state index is -0.405. The second-order valence-electron chi connectivity index (χ2n) is 4.40. The third-order valence-electron chi connectivity index (χ3n) is 2.80. The highest BCUT2D eigenvalue weighted by Crippen LogP contribution is 2.29. The number of aryl methyl sites for hydroxylation is 2. The van der Waals surface area contributed by atoms with E-state index in [4.69, 9.17) is 15.9 Å². The van der Waals surface area contributed by atoms with Crippen LogP contribution < -0.4 is 10.5 Å². The molecule has 3 nitrogen and oxygen atoms in total. The van der Waals surface area contributed by atoms with Crippen molar-refractivity contribution in [2.45, 2.75) is 13.8 Å². The predicted molar refractivity (Wildman–Crippen MR) is 73.4 cm³/mol. The molecule has 2 aromatic carbocycles. The van der Waals surface area contributed by atoms with Crippen molar-refractivity contribution in [2.24, 2.45) is 5.73 Å². The molecule has 0 radical (unpaired) electrons. The van der Waals surface area contributed by atoms with Gasteiger partial charge in [0.2, 0.25) is 0 Å². The normalized spacial score (nSPS) is 10.3. The lowest BCUT2D eigenvalue weighted by molar-refractivity contribution is 0.439. The number of ether oxygens (including phenoxy) is 1. The van der Waals surface area contributed by atoms with Crippen molar-refractivity contribution in [3.05, 3.63) is 58.9 Å². The zero-order valence-corrected chi connectivity index (χ0v) is 10.8. The summed E-state index contributed by atoms with van der Waals surface area (Å²) in [5, 5.41) is 7.54. The van der Waals surface area contributed by atoms with Crippen molar-refractivity contribution in [3.63, 3.8) is 0 Å². The lowest BCUT2D eigenvalue weighted by atomic mass is 10.1. The summed E-state index contributed by atoms with van der Waals surface area (Å²) in [4.78, 5) is 0. The summed E-state index contributed by atoms with van der Waals surface area (Å²) in [6, 6.07) is 10.2. The molecule has 0 amide bonds. The average molecular weight is 258 g/mol. The van der Waals surface area contributed by atoms with E-state index in [1.807, 2.05) is 13.0 Å². The molecule has 98 valence electrons. The van der Waals surface area contributed by atoms with Gasteiger partial charge in [-0.3, -0.25) is 5.41 Å². The molecular formula is C15H15FN2O. The fourth-order valence-corrected chi connectivity index (χ4v) is 1.76. The minimum absolute atomic E-state index is 0.105. The number of nitrogen functional groups attached to an aromatic ring is 1. The third-order valence-corrected chi connectivity index (χ3v) is 2.80. The number of nitrogens with two attached hydrogens (primary N) is 1. The molecule has 0 saturated heterocycles. The van der Waals surface area contributed by atoms with Crippen molar-refractivity contribution in [3.8, 4) is 11.5 Å². The standard InChI is InChI=1S/C15H15FN2O/c1-9-6-7-12(11(8-9)15(17)18)19-13-5-3-4-10(2)14(13)16/h3-8H,1-2H3,(H3,17,18). The van der Waals surface area contributed by atoms with Gasteiger partial charge in [-0.05, 0) is 37.6 Å². The molecule has 0 spiro atoms. The van der Waals surface area contributed by atoms with Gasteiger partial charge >= 0.3 is 0 Å². The topological polar surface area (TPSA) is 59.1 Å². The number of benzene rings is 2. The van der Waals surface area contributed by atoms with Gasteiger partial charge < -0.3 is 10.5 Å². The van der Waals surface area contributed by atoms with Crippen LogP contribution in [-0.2, 0) is 0 Å². The molecule has 19 heavy (non-hydrogen) atoms. The molecule has 0 aliphatic heterocycles. The Morgan fingerprint density at radius 3 is 2.58 bits per heavy atom. The second kappa shape index (κ2) is 5.10. The molecule has 0 heterocycles. The first-order valence-corrected chi connectivity index (χ1v) is 5.87. The van der Waals surface area contributed by atoms with Gasteiger partial charge in [0, 0.05) is 0 Å². The molecule has 0 aromatic heterocycles. The van der Waals surface area contributed by atoms with E-state index in [1.165, 1.54) is 0 Å². The van der Waals surface area contributed by atoms with Gasteiger partial charge in [-0.25, -0.2) is 4.39 Å². The van der Waals surface area contributed by atoms with Gasteiger partial charge in [-0.15, -0.1) is 0 Å². The Hall–Kier alpha value is -2.36. The Labute approximate surface area is 111 Å². The maximum atomic E-state index is 13.9.